The third-order valence-corrected chi connectivity index (χ3v) is 6.33. The van der Waals surface area contributed by atoms with Crippen LogP contribution >= 0.6 is 11.8 Å². The predicted molar refractivity (Wildman–Crippen MR) is 85.5 cm³/mol. The number of nitrogens with one attached hydrogen (secondary N) is 1. The summed E-state index contributed by atoms with van der Waals surface area (Å²) >= 11 is 1.73. The Kier molecular flexibility index (Phi) is 6.36. The van der Waals surface area contributed by atoms with Gasteiger partial charge < -0.3 is 10.1 Å². The van der Waals surface area contributed by atoms with E-state index in [0.29, 0.717) is 6.54 Å². The van der Waals surface area contributed by atoms with E-state index in [9.17, 15) is 8.42 Å². The molecule has 0 aromatic heterocycles. The summed E-state index contributed by atoms with van der Waals surface area (Å²) < 4.78 is 27.5. The maximum atomic E-state index is 11.5. The molecule has 0 saturated carbocycles. The van der Waals surface area contributed by atoms with Gasteiger partial charge in [-0.15, -0.1) is 11.8 Å². The normalized spacial score (nSPS) is 12.4. The van der Waals surface area contributed by atoms with E-state index in [2.05, 4.69) is 5.32 Å². The fourth-order valence-electron chi connectivity index (χ4n) is 1.43. The quantitative estimate of drug-likeness (QED) is 0.588. The first-order chi connectivity index (χ1) is 9.26. The summed E-state index contributed by atoms with van der Waals surface area (Å²) in [7, 11) is -1.38. The molecule has 20 heavy (non-hydrogen) atoms. The van der Waals surface area contributed by atoms with Crippen molar-refractivity contribution in [2.45, 2.75) is 23.5 Å². The van der Waals surface area contributed by atoms with Crippen molar-refractivity contribution < 1.29 is 13.2 Å². The molecule has 114 valence electrons. The van der Waals surface area contributed by atoms with Gasteiger partial charge in [0.2, 0.25) is 0 Å². The van der Waals surface area contributed by atoms with Crippen LogP contribution in [0.3, 0.4) is 0 Å². The number of hydrogen-bond donors (Lipinski definition) is 1. The van der Waals surface area contributed by atoms with E-state index < -0.39 is 14.6 Å². The van der Waals surface area contributed by atoms with Crippen molar-refractivity contribution in [3.63, 3.8) is 0 Å². The van der Waals surface area contributed by atoms with Crippen LogP contribution in [0.15, 0.2) is 29.2 Å². The van der Waals surface area contributed by atoms with Gasteiger partial charge in [0, 0.05) is 30.0 Å². The highest BCUT2D eigenvalue weighted by atomic mass is 32.2. The number of ether oxygens (including phenoxy) is 1. The monoisotopic (exact) mass is 317 g/mol. The van der Waals surface area contributed by atoms with E-state index in [1.54, 1.807) is 32.7 Å². The first-order valence-electron chi connectivity index (χ1n) is 6.43. The van der Waals surface area contributed by atoms with Gasteiger partial charge in [-0.3, -0.25) is 0 Å². The fraction of sp³-hybridized carbons (Fsp3) is 0.571. The molecule has 0 aliphatic heterocycles. The van der Waals surface area contributed by atoms with Crippen molar-refractivity contribution in [1.82, 2.24) is 5.32 Å². The third-order valence-electron chi connectivity index (χ3n) is 3.16. The van der Waals surface area contributed by atoms with Crippen molar-refractivity contribution in [3.8, 4) is 5.75 Å². The van der Waals surface area contributed by atoms with Crippen LogP contribution in [-0.2, 0) is 9.84 Å². The second-order valence-corrected chi connectivity index (χ2v) is 9.05. The lowest BCUT2D eigenvalue weighted by atomic mass is 10.2. The van der Waals surface area contributed by atoms with E-state index in [-0.39, 0.29) is 0 Å². The van der Waals surface area contributed by atoms with E-state index in [1.165, 1.54) is 11.2 Å². The van der Waals surface area contributed by atoms with Gasteiger partial charge >= 0.3 is 0 Å². The van der Waals surface area contributed by atoms with Gasteiger partial charge in [-0.1, -0.05) is 0 Å². The Morgan fingerprint density at radius 2 is 1.85 bits per heavy atom. The van der Waals surface area contributed by atoms with Crippen molar-refractivity contribution in [1.29, 1.82) is 0 Å². The molecule has 1 aromatic carbocycles. The van der Waals surface area contributed by atoms with Crippen molar-refractivity contribution in [2.75, 3.05) is 32.2 Å². The van der Waals surface area contributed by atoms with E-state index in [4.69, 9.17) is 4.74 Å². The largest absolute Gasteiger partial charge is 0.497 e. The first kappa shape index (κ1) is 17.3. The zero-order valence-corrected chi connectivity index (χ0v) is 14.1. The van der Waals surface area contributed by atoms with Crippen LogP contribution in [0.1, 0.15) is 13.8 Å². The average Bonchev–Trinajstić information content (AvgIpc) is 2.37. The SMILES string of the molecule is COc1ccc(SCCNCC(C)(C)S(C)(=O)=O)cc1. The molecule has 1 rings (SSSR count). The van der Waals surface area contributed by atoms with Gasteiger partial charge in [0.15, 0.2) is 9.84 Å². The van der Waals surface area contributed by atoms with Crippen LogP contribution < -0.4 is 10.1 Å². The lowest BCUT2D eigenvalue weighted by Crippen LogP contribution is -2.42. The molecule has 0 atom stereocenters. The summed E-state index contributed by atoms with van der Waals surface area (Å²) in [6.45, 7) is 4.72. The molecule has 0 spiro atoms. The molecule has 1 N–H and O–H groups in total. The minimum atomic E-state index is -3.03. The smallest absolute Gasteiger partial charge is 0.153 e. The highest BCUT2D eigenvalue weighted by molar-refractivity contribution is 7.99. The first-order valence-corrected chi connectivity index (χ1v) is 9.31. The maximum absolute atomic E-state index is 11.5. The zero-order chi connectivity index (χ0) is 15.2. The molecule has 0 fully saturated rings. The van der Waals surface area contributed by atoms with Crippen molar-refractivity contribution in [3.05, 3.63) is 24.3 Å². The van der Waals surface area contributed by atoms with Crippen LogP contribution in [-0.4, -0.2) is 45.4 Å². The predicted octanol–water partition coefficient (Wildman–Crippen LogP) is 2.20. The van der Waals surface area contributed by atoms with Gasteiger partial charge in [0.25, 0.3) is 0 Å². The van der Waals surface area contributed by atoms with Gasteiger partial charge in [-0.05, 0) is 38.1 Å². The van der Waals surface area contributed by atoms with Crippen LogP contribution in [0.25, 0.3) is 0 Å². The van der Waals surface area contributed by atoms with Crippen molar-refractivity contribution >= 4 is 21.6 Å². The molecule has 0 aliphatic carbocycles. The van der Waals surface area contributed by atoms with Crippen LogP contribution in [0.2, 0.25) is 0 Å². The van der Waals surface area contributed by atoms with E-state index >= 15 is 0 Å². The summed E-state index contributed by atoms with van der Waals surface area (Å²) in [6, 6.07) is 7.90. The number of thioether (sulfide) groups is 1. The van der Waals surface area contributed by atoms with Crippen LogP contribution in [0.4, 0.5) is 0 Å². The summed E-state index contributed by atoms with van der Waals surface area (Å²) in [6.07, 6.45) is 1.28. The molecule has 0 amide bonds. The summed E-state index contributed by atoms with van der Waals surface area (Å²) in [5.41, 5.74) is 0. The van der Waals surface area contributed by atoms with E-state index in [0.717, 1.165) is 18.0 Å². The fourth-order valence-corrected chi connectivity index (χ4v) is 2.61. The van der Waals surface area contributed by atoms with E-state index in [1.807, 2.05) is 24.3 Å². The minimum absolute atomic E-state index is 0.467. The second kappa shape index (κ2) is 7.33. The summed E-state index contributed by atoms with van der Waals surface area (Å²) in [5.74, 6) is 1.74. The Balaban J connectivity index is 2.28. The molecule has 0 radical (unpaired) electrons. The molecule has 0 bridgehead atoms. The van der Waals surface area contributed by atoms with Crippen LogP contribution in [0, 0.1) is 0 Å². The van der Waals surface area contributed by atoms with Crippen LogP contribution in [0.5, 0.6) is 5.75 Å². The summed E-state index contributed by atoms with van der Waals surface area (Å²) in [5, 5.41) is 3.20. The van der Waals surface area contributed by atoms with Gasteiger partial charge in [0.05, 0.1) is 11.9 Å². The Morgan fingerprint density at radius 1 is 1.25 bits per heavy atom. The Hall–Kier alpha value is -0.720. The minimum Gasteiger partial charge on any atom is -0.497 e. The number of methoxy groups -OCH3 is 1. The number of rotatable bonds is 8. The molecule has 0 heterocycles. The molecule has 6 heteroatoms. The highest BCUT2D eigenvalue weighted by Crippen LogP contribution is 2.20. The molecule has 0 unspecified atom stereocenters. The van der Waals surface area contributed by atoms with Crippen molar-refractivity contribution in [2.24, 2.45) is 0 Å². The molecule has 4 nitrogen and oxygen atoms in total. The van der Waals surface area contributed by atoms with Gasteiger partial charge in [-0.25, -0.2) is 8.42 Å². The summed E-state index contributed by atoms with van der Waals surface area (Å²) in [4.78, 5) is 1.18. The molecule has 1 aromatic rings. The number of hydrogen-bond acceptors (Lipinski definition) is 5. The standard InChI is InChI=1S/C14H23NO3S2/c1-14(2,20(4,16)17)11-15-9-10-19-13-7-5-12(18-3)6-8-13/h5-8,15H,9-11H2,1-4H3. The highest BCUT2D eigenvalue weighted by Gasteiger charge is 2.29. The molecule has 0 saturated heterocycles. The number of benzene rings is 1. The number of sulfone groups is 1. The zero-order valence-electron chi connectivity index (χ0n) is 12.5. The topological polar surface area (TPSA) is 55.4 Å². The molecular weight excluding hydrogens is 294 g/mol. The average molecular weight is 317 g/mol. The third kappa shape index (κ3) is 5.34. The Morgan fingerprint density at radius 3 is 2.35 bits per heavy atom. The lowest BCUT2D eigenvalue weighted by molar-refractivity contribution is 0.414. The lowest BCUT2D eigenvalue weighted by Gasteiger charge is -2.22. The molecule has 0 aliphatic rings. The molecular formula is C14H23NO3S2. The maximum Gasteiger partial charge on any atom is 0.153 e. The van der Waals surface area contributed by atoms with Gasteiger partial charge in [0.1, 0.15) is 5.75 Å². The Bertz CT molecular complexity index is 510. The van der Waals surface area contributed by atoms with Gasteiger partial charge in [-0.2, -0.15) is 0 Å². The second-order valence-electron chi connectivity index (χ2n) is 5.23. The Labute approximate surface area is 126 Å².